The highest BCUT2D eigenvalue weighted by Crippen LogP contribution is 2.35. The highest BCUT2D eigenvalue weighted by molar-refractivity contribution is 5.84. The van der Waals surface area contributed by atoms with Crippen LogP contribution in [0.5, 0.6) is 5.88 Å². The summed E-state index contributed by atoms with van der Waals surface area (Å²) in [4.78, 5) is 0. The van der Waals surface area contributed by atoms with Gasteiger partial charge < -0.3 is 10.1 Å². The van der Waals surface area contributed by atoms with Crippen LogP contribution in [0.3, 0.4) is 0 Å². The second kappa shape index (κ2) is 6.79. The van der Waals surface area contributed by atoms with Crippen LogP contribution in [-0.4, -0.2) is 30.9 Å². The molecule has 0 radical (unpaired) electrons. The summed E-state index contributed by atoms with van der Waals surface area (Å²) in [6.07, 6.45) is 11.1. The first-order valence-electron chi connectivity index (χ1n) is 7.83. The zero-order chi connectivity index (χ0) is 15.4. The molecule has 0 bridgehead atoms. The summed E-state index contributed by atoms with van der Waals surface area (Å²) < 4.78 is 5.28. The van der Waals surface area contributed by atoms with Crippen molar-refractivity contribution in [2.24, 2.45) is 5.92 Å². The van der Waals surface area contributed by atoms with Gasteiger partial charge in [-0.2, -0.15) is 0 Å². The molecular weight excluding hydrogens is 274 g/mol. The minimum atomic E-state index is 0.507. The molecule has 1 aromatic heterocycles. The van der Waals surface area contributed by atoms with E-state index in [2.05, 4.69) is 58.0 Å². The van der Waals surface area contributed by atoms with Crippen molar-refractivity contribution in [3.63, 3.8) is 0 Å². The number of fused-ring (bicyclic) bond motifs is 1. The maximum absolute atomic E-state index is 5.28. The van der Waals surface area contributed by atoms with E-state index in [0.717, 1.165) is 30.3 Å². The molecule has 1 aromatic carbocycles. The molecule has 0 spiro atoms. The van der Waals surface area contributed by atoms with E-state index in [4.69, 9.17) is 4.74 Å². The van der Waals surface area contributed by atoms with Crippen molar-refractivity contribution in [1.82, 2.24) is 15.5 Å². The van der Waals surface area contributed by atoms with E-state index >= 15 is 0 Å². The summed E-state index contributed by atoms with van der Waals surface area (Å²) in [5.41, 5.74) is 2.40. The number of allylic oxidation sites excluding steroid dienone is 4. The lowest BCUT2D eigenvalue weighted by Gasteiger charge is -2.26. The van der Waals surface area contributed by atoms with Gasteiger partial charge in [-0.25, -0.2) is 0 Å². The molecule has 116 valence electrons. The Morgan fingerprint density at radius 1 is 1.41 bits per heavy atom. The normalized spacial score (nSPS) is 18.7. The number of aromatic nitrogens is 2. The highest BCUT2D eigenvalue weighted by atomic mass is 16.5. The van der Waals surface area contributed by atoms with Crippen molar-refractivity contribution in [2.75, 3.05) is 20.7 Å². The number of ether oxygens (including phenoxy) is 1. The summed E-state index contributed by atoms with van der Waals surface area (Å²) >= 11 is 0. The fraction of sp³-hybridized carbons (Fsp3) is 0.389. The van der Waals surface area contributed by atoms with Crippen molar-refractivity contribution in [1.29, 1.82) is 0 Å². The quantitative estimate of drug-likeness (QED) is 0.859. The van der Waals surface area contributed by atoms with Gasteiger partial charge in [0.05, 0.1) is 18.0 Å². The number of aromatic amines is 1. The molecule has 0 aliphatic heterocycles. The first-order chi connectivity index (χ1) is 10.8. The Kier molecular flexibility index (Phi) is 4.59. The van der Waals surface area contributed by atoms with E-state index in [1.54, 1.807) is 7.11 Å². The van der Waals surface area contributed by atoms with E-state index in [-0.39, 0.29) is 0 Å². The maximum Gasteiger partial charge on any atom is 0.240 e. The largest absolute Gasteiger partial charge is 0.480 e. The zero-order valence-corrected chi connectivity index (χ0v) is 13.2. The van der Waals surface area contributed by atoms with Crippen LogP contribution < -0.4 is 10.1 Å². The van der Waals surface area contributed by atoms with E-state index in [1.165, 1.54) is 5.56 Å². The molecule has 0 saturated carbocycles. The van der Waals surface area contributed by atoms with Gasteiger partial charge in [-0.15, -0.1) is 5.10 Å². The SMILES string of the molecule is CNCC[C@@H](c1ccc2c(OC)n[nH]c2c1)C1C=CC=CC1. The van der Waals surface area contributed by atoms with Crippen LogP contribution in [0, 0.1) is 5.92 Å². The van der Waals surface area contributed by atoms with Crippen LogP contribution in [0.2, 0.25) is 0 Å². The van der Waals surface area contributed by atoms with Gasteiger partial charge in [0.15, 0.2) is 0 Å². The minimum absolute atomic E-state index is 0.507. The Balaban J connectivity index is 1.92. The smallest absolute Gasteiger partial charge is 0.240 e. The van der Waals surface area contributed by atoms with Crippen LogP contribution in [0.25, 0.3) is 10.9 Å². The molecule has 4 heteroatoms. The topological polar surface area (TPSA) is 49.9 Å². The number of methoxy groups -OCH3 is 1. The minimum Gasteiger partial charge on any atom is -0.480 e. The van der Waals surface area contributed by atoms with Gasteiger partial charge in [-0.1, -0.05) is 30.4 Å². The number of nitrogens with zero attached hydrogens (tertiary/aromatic N) is 1. The Bertz CT molecular complexity index is 687. The predicted molar refractivity (Wildman–Crippen MR) is 90.3 cm³/mol. The fourth-order valence-corrected chi connectivity index (χ4v) is 3.22. The van der Waals surface area contributed by atoms with Crippen LogP contribution in [-0.2, 0) is 0 Å². The van der Waals surface area contributed by atoms with Gasteiger partial charge in [0.2, 0.25) is 5.88 Å². The molecule has 3 rings (SSSR count). The van der Waals surface area contributed by atoms with Crippen molar-refractivity contribution < 1.29 is 4.74 Å². The first-order valence-corrected chi connectivity index (χ1v) is 7.83. The lowest BCUT2D eigenvalue weighted by Crippen LogP contribution is -2.18. The van der Waals surface area contributed by atoms with Crippen LogP contribution in [0.4, 0.5) is 0 Å². The Hall–Kier alpha value is -2.07. The molecule has 1 aliphatic carbocycles. The van der Waals surface area contributed by atoms with Gasteiger partial charge in [-0.3, -0.25) is 5.10 Å². The highest BCUT2D eigenvalue weighted by Gasteiger charge is 2.21. The van der Waals surface area contributed by atoms with E-state index < -0.39 is 0 Å². The predicted octanol–water partition coefficient (Wildman–Crippen LogP) is 3.40. The zero-order valence-electron chi connectivity index (χ0n) is 13.2. The molecule has 0 saturated heterocycles. The lowest BCUT2D eigenvalue weighted by atomic mass is 9.80. The van der Waals surface area contributed by atoms with Crippen LogP contribution >= 0.6 is 0 Å². The van der Waals surface area contributed by atoms with Gasteiger partial charge in [0.1, 0.15) is 0 Å². The summed E-state index contributed by atoms with van der Waals surface area (Å²) in [7, 11) is 3.66. The van der Waals surface area contributed by atoms with Gasteiger partial charge in [0.25, 0.3) is 0 Å². The second-order valence-corrected chi connectivity index (χ2v) is 5.75. The van der Waals surface area contributed by atoms with Crippen molar-refractivity contribution in [3.05, 3.63) is 48.1 Å². The molecule has 2 atom stereocenters. The number of hydrogen-bond donors (Lipinski definition) is 2. The van der Waals surface area contributed by atoms with Crippen LogP contribution in [0.1, 0.15) is 24.3 Å². The third kappa shape index (κ3) is 2.92. The van der Waals surface area contributed by atoms with E-state index in [9.17, 15) is 0 Å². The standard InChI is InChI=1S/C18H23N3O/c1-19-11-10-15(13-6-4-3-5-7-13)14-8-9-16-17(12-14)20-21-18(16)22-2/h3-6,8-9,12-13,15,19H,7,10-11H2,1-2H3,(H,20,21)/t13?,15-/m1/s1. The fourth-order valence-electron chi connectivity index (χ4n) is 3.22. The molecule has 2 aromatic rings. The molecule has 4 nitrogen and oxygen atoms in total. The Labute approximate surface area is 131 Å². The van der Waals surface area contributed by atoms with Gasteiger partial charge in [0, 0.05) is 0 Å². The summed E-state index contributed by atoms with van der Waals surface area (Å²) in [5, 5.41) is 11.6. The lowest BCUT2D eigenvalue weighted by molar-refractivity contribution is 0.401. The third-order valence-corrected chi connectivity index (χ3v) is 4.41. The average Bonchev–Trinajstić information content (AvgIpc) is 2.98. The Morgan fingerprint density at radius 2 is 2.32 bits per heavy atom. The Morgan fingerprint density at radius 3 is 3.05 bits per heavy atom. The van der Waals surface area contributed by atoms with Crippen molar-refractivity contribution in [2.45, 2.75) is 18.8 Å². The molecular formula is C18H23N3O. The number of nitrogens with one attached hydrogen (secondary N) is 2. The third-order valence-electron chi connectivity index (χ3n) is 4.41. The summed E-state index contributed by atoms with van der Waals surface area (Å²) in [6, 6.07) is 6.55. The van der Waals surface area contributed by atoms with Crippen molar-refractivity contribution in [3.8, 4) is 5.88 Å². The molecule has 1 unspecified atom stereocenters. The van der Waals surface area contributed by atoms with Gasteiger partial charge >= 0.3 is 0 Å². The maximum atomic E-state index is 5.28. The molecule has 2 N–H and O–H groups in total. The number of rotatable bonds is 6. The van der Waals surface area contributed by atoms with Gasteiger partial charge in [-0.05, 0) is 56.0 Å². The first kappa shape index (κ1) is 14.9. The summed E-state index contributed by atoms with van der Waals surface area (Å²) in [6.45, 7) is 1.02. The average molecular weight is 297 g/mol. The molecule has 1 aliphatic rings. The number of hydrogen-bond acceptors (Lipinski definition) is 3. The molecule has 22 heavy (non-hydrogen) atoms. The molecule has 1 heterocycles. The monoisotopic (exact) mass is 297 g/mol. The molecule has 0 amide bonds. The van der Waals surface area contributed by atoms with E-state index in [0.29, 0.717) is 17.7 Å². The number of benzene rings is 1. The summed E-state index contributed by atoms with van der Waals surface area (Å²) in [5.74, 6) is 1.72. The second-order valence-electron chi connectivity index (χ2n) is 5.75. The van der Waals surface area contributed by atoms with Crippen molar-refractivity contribution >= 4 is 10.9 Å². The van der Waals surface area contributed by atoms with E-state index in [1.807, 2.05) is 7.05 Å². The number of H-pyrrole nitrogens is 1. The molecule has 0 fully saturated rings. The van der Waals surface area contributed by atoms with Crippen LogP contribution in [0.15, 0.2) is 42.5 Å².